The Kier molecular flexibility index (Phi) is 4.07. The maximum Gasteiger partial charge on any atom is 0.233 e. The molecule has 0 atom stereocenters. The van der Waals surface area contributed by atoms with Gasteiger partial charge in [-0.05, 0) is 20.3 Å². The normalized spacial score (nSPS) is 11.3. The Morgan fingerprint density at radius 1 is 1.64 bits per heavy atom. The molecular weight excluding hydrogens is 144 g/mol. The minimum absolute atomic E-state index is 0.00581. The summed E-state index contributed by atoms with van der Waals surface area (Å²) in [4.78, 5) is 10.6. The van der Waals surface area contributed by atoms with E-state index in [1.807, 2.05) is 0 Å². The van der Waals surface area contributed by atoms with Crippen LogP contribution in [0.4, 0.5) is 0 Å². The van der Waals surface area contributed by atoms with Crippen LogP contribution in [0.2, 0.25) is 0 Å². The number of hydrogen-bond acceptors (Lipinski definition) is 3. The molecule has 0 aromatic carbocycles. The number of rotatable bonds is 4. The molecule has 0 saturated carbocycles. The van der Waals surface area contributed by atoms with E-state index in [1.165, 1.54) is 0 Å². The second kappa shape index (κ2) is 4.31. The average molecular weight is 160 g/mol. The summed E-state index contributed by atoms with van der Waals surface area (Å²) >= 11 is 0. The molecule has 0 bridgehead atoms. The number of hydrogen-bond donors (Lipinski definition) is 3. The summed E-state index contributed by atoms with van der Waals surface area (Å²) in [5.74, 6) is -0.186. The Hall–Kier alpha value is -0.610. The van der Waals surface area contributed by atoms with Crippen LogP contribution in [0.25, 0.3) is 0 Å². The highest BCUT2D eigenvalue weighted by Gasteiger charge is 2.11. The zero-order valence-electron chi connectivity index (χ0n) is 7.05. The Bertz CT molecular complexity index is 129. The Morgan fingerprint density at radius 3 is 2.55 bits per heavy atom. The molecule has 11 heavy (non-hydrogen) atoms. The van der Waals surface area contributed by atoms with Gasteiger partial charge in [-0.2, -0.15) is 0 Å². The zero-order chi connectivity index (χ0) is 8.91. The lowest BCUT2D eigenvalue weighted by Crippen LogP contribution is -2.34. The van der Waals surface area contributed by atoms with Gasteiger partial charge in [0.25, 0.3) is 0 Å². The van der Waals surface area contributed by atoms with E-state index in [1.54, 1.807) is 13.8 Å². The highest BCUT2D eigenvalue weighted by Crippen LogP contribution is 2.04. The van der Waals surface area contributed by atoms with Crippen LogP contribution < -0.4 is 11.1 Å². The fourth-order valence-electron chi connectivity index (χ4n) is 0.580. The third-order valence-corrected chi connectivity index (χ3v) is 1.24. The predicted octanol–water partition coefficient (Wildman–Crippen LogP) is -0.778. The molecule has 0 fully saturated rings. The maximum atomic E-state index is 10.6. The molecule has 0 aromatic heterocycles. The molecular formula is C7H16N2O2. The van der Waals surface area contributed by atoms with Crippen molar-refractivity contribution in [2.75, 3.05) is 13.1 Å². The molecule has 0 aliphatic carbocycles. The van der Waals surface area contributed by atoms with Gasteiger partial charge in [0.1, 0.15) is 0 Å². The van der Waals surface area contributed by atoms with Crippen molar-refractivity contribution < 1.29 is 9.90 Å². The van der Waals surface area contributed by atoms with Crippen molar-refractivity contribution in [3.63, 3.8) is 0 Å². The SMILES string of the molecule is CC(C)(O)CCNC(=O)CN. The molecule has 0 heterocycles. The van der Waals surface area contributed by atoms with E-state index in [-0.39, 0.29) is 12.5 Å². The first-order chi connectivity index (χ1) is 4.95. The molecule has 0 rings (SSSR count). The van der Waals surface area contributed by atoms with Crippen LogP contribution >= 0.6 is 0 Å². The summed E-state index contributed by atoms with van der Waals surface area (Å²) in [5.41, 5.74) is 4.33. The van der Waals surface area contributed by atoms with Gasteiger partial charge in [-0.1, -0.05) is 0 Å². The van der Waals surface area contributed by atoms with Crippen molar-refractivity contribution in [1.82, 2.24) is 5.32 Å². The first-order valence-electron chi connectivity index (χ1n) is 3.65. The summed E-state index contributed by atoms with van der Waals surface area (Å²) in [5, 5.41) is 11.8. The first kappa shape index (κ1) is 10.4. The van der Waals surface area contributed by atoms with Gasteiger partial charge in [-0.3, -0.25) is 4.79 Å². The lowest BCUT2D eigenvalue weighted by atomic mass is 10.1. The summed E-state index contributed by atoms with van der Waals surface area (Å²) < 4.78 is 0. The molecule has 0 radical (unpaired) electrons. The second-order valence-corrected chi connectivity index (χ2v) is 3.12. The molecule has 0 aliphatic heterocycles. The maximum absolute atomic E-state index is 10.6. The van der Waals surface area contributed by atoms with E-state index < -0.39 is 5.60 Å². The molecule has 66 valence electrons. The van der Waals surface area contributed by atoms with Gasteiger partial charge in [0.05, 0.1) is 12.1 Å². The summed E-state index contributed by atoms with van der Waals surface area (Å²) in [7, 11) is 0. The second-order valence-electron chi connectivity index (χ2n) is 3.12. The predicted molar refractivity (Wildman–Crippen MR) is 43.0 cm³/mol. The minimum atomic E-state index is -0.720. The lowest BCUT2D eigenvalue weighted by molar-refractivity contribution is -0.119. The standard InChI is InChI=1S/C7H16N2O2/c1-7(2,11)3-4-9-6(10)5-8/h11H,3-5,8H2,1-2H3,(H,9,10). The molecule has 0 aromatic rings. The van der Waals surface area contributed by atoms with Crippen molar-refractivity contribution in [2.24, 2.45) is 5.73 Å². The Labute approximate surface area is 66.8 Å². The van der Waals surface area contributed by atoms with Crippen LogP contribution in [-0.2, 0) is 4.79 Å². The smallest absolute Gasteiger partial charge is 0.233 e. The largest absolute Gasteiger partial charge is 0.390 e. The van der Waals surface area contributed by atoms with Crippen molar-refractivity contribution >= 4 is 5.91 Å². The third kappa shape index (κ3) is 7.29. The lowest BCUT2D eigenvalue weighted by Gasteiger charge is -2.16. The van der Waals surface area contributed by atoms with Crippen LogP contribution in [-0.4, -0.2) is 29.7 Å². The monoisotopic (exact) mass is 160 g/mol. The van der Waals surface area contributed by atoms with Crippen molar-refractivity contribution in [3.05, 3.63) is 0 Å². The van der Waals surface area contributed by atoms with Crippen LogP contribution in [0.5, 0.6) is 0 Å². The van der Waals surface area contributed by atoms with E-state index in [4.69, 9.17) is 5.73 Å². The quantitative estimate of drug-likeness (QED) is 0.505. The van der Waals surface area contributed by atoms with Gasteiger partial charge in [0.2, 0.25) is 5.91 Å². The van der Waals surface area contributed by atoms with E-state index in [2.05, 4.69) is 5.32 Å². The third-order valence-electron chi connectivity index (χ3n) is 1.24. The fourth-order valence-corrected chi connectivity index (χ4v) is 0.580. The highest BCUT2D eigenvalue weighted by molar-refractivity contribution is 5.77. The number of carbonyl (C=O) groups is 1. The van der Waals surface area contributed by atoms with Crippen molar-refractivity contribution in [1.29, 1.82) is 0 Å². The van der Waals surface area contributed by atoms with E-state index in [0.717, 1.165) is 0 Å². The molecule has 4 N–H and O–H groups in total. The van der Waals surface area contributed by atoms with Crippen LogP contribution in [0.15, 0.2) is 0 Å². The molecule has 0 saturated heterocycles. The molecule has 4 nitrogen and oxygen atoms in total. The minimum Gasteiger partial charge on any atom is -0.390 e. The Balaban J connectivity index is 3.35. The highest BCUT2D eigenvalue weighted by atomic mass is 16.3. The van der Waals surface area contributed by atoms with Gasteiger partial charge in [-0.15, -0.1) is 0 Å². The summed E-state index contributed by atoms with van der Waals surface area (Å²) in [6, 6.07) is 0. The Morgan fingerprint density at radius 2 is 2.18 bits per heavy atom. The van der Waals surface area contributed by atoms with E-state index >= 15 is 0 Å². The molecule has 4 heteroatoms. The molecule has 0 spiro atoms. The van der Waals surface area contributed by atoms with Crippen molar-refractivity contribution in [2.45, 2.75) is 25.9 Å². The van der Waals surface area contributed by atoms with Gasteiger partial charge in [0, 0.05) is 6.54 Å². The number of nitrogens with one attached hydrogen (secondary N) is 1. The van der Waals surface area contributed by atoms with E-state index in [9.17, 15) is 9.90 Å². The van der Waals surface area contributed by atoms with Gasteiger partial charge < -0.3 is 16.2 Å². The van der Waals surface area contributed by atoms with Gasteiger partial charge >= 0.3 is 0 Å². The van der Waals surface area contributed by atoms with E-state index in [0.29, 0.717) is 13.0 Å². The zero-order valence-corrected chi connectivity index (χ0v) is 7.05. The number of nitrogens with two attached hydrogens (primary N) is 1. The summed E-state index contributed by atoms with van der Waals surface area (Å²) in [6.45, 7) is 3.87. The van der Waals surface area contributed by atoms with Gasteiger partial charge in [-0.25, -0.2) is 0 Å². The number of carbonyl (C=O) groups excluding carboxylic acids is 1. The van der Waals surface area contributed by atoms with Crippen molar-refractivity contribution in [3.8, 4) is 0 Å². The van der Waals surface area contributed by atoms with Crippen LogP contribution in [0.1, 0.15) is 20.3 Å². The molecule has 1 amide bonds. The first-order valence-corrected chi connectivity index (χ1v) is 3.65. The topological polar surface area (TPSA) is 75.3 Å². The summed E-state index contributed by atoms with van der Waals surface area (Å²) in [6.07, 6.45) is 0.540. The fraction of sp³-hybridized carbons (Fsp3) is 0.857. The average Bonchev–Trinajstić information content (AvgIpc) is 1.85. The van der Waals surface area contributed by atoms with Crippen LogP contribution in [0.3, 0.4) is 0 Å². The van der Waals surface area contributed by atoms with Gasteiger partial charge in [0.15, 0.2) is 0 Å². The molecule has 0 aliphatic rings. The number of aliphatic hydroxyl groups is 1. The number of amides is 1. The molecule has 0 unspecified atom stereocenters. The van der Waals surface area contributed by atoms with Crippen LogP contribution in [0, 0.1) is 0 Å².